The fourth-order valence-corrected chi connectivity index (χ4v) is 3.31. The van der Waals surface area contributed by atoms with Crippen LogP contribution in [0.3, 0.4) is 0 Å². The van der Waals surface area contributed by atoms with Gasteiger partial charge in [-0.15, -0.1) is 0 Å². The summed E-state index contributed by atoms with van der Waals surface area (Å²) < 4.78 is 1.55. The monoisotopic (exact) mass is 373 g/mol. The second-order valence-corrected chi connectivity index (χ2v) is 6.27. The number of nitrogens with zero attached hydrogens (tertiary/aromatic N) is 2. The van der Waals surface area contributed by atoms with E-state index in [0.717, 1.165) is 0 Å². The molecule has 0 saturated heterocycles. The minimum Gasteiger partial charge on any atom is -0.477 e. The van der Waals surface area contributed by atoms with Crippen molar-refractivity contribution in [3.63, 3.8) is 0 Å². The lowest BCUT2D eigenvalue weighted by Crippen LogP contribution is -2.11. The summed E-state index contributed by atoms with van der Waals surface area (Å²) in [4.78, 5) is 24.2. The molecule has 1 aromatic heterocycles. The number of carbonyl (C=O) groups is 2. The van der Waals surface area contributed by atoms with Crippen LogP contribution in [0.4, 0.5) is 5.69 Å². The summed E-state index contributed by atoms with van der Waals surface area (Å²) in [6.45, 7) is 1.88. The number of benzene rings is 2. The number of anilines is 1. The normalized spacial score (nSPS) is 10.3. The Kier molecular flexibility index (Phi) is 5.28. The van der Waals surface area contributed by atoms with Gasteiger partial charge in [0.05, 0.1) is 5.56 Å². The molecule has 0 saturated carbocycles. The minimum atomic E-state index is -1.10. The first kappa shape index (κ1) is 18.9. The van der Waals surface area contributed by atoms with Crippen molar-refractivity contribution in [3.05, 3.63) is 77.1 Å². The van der Waals surface area contributed by atoms with E-state index in [9.17, 15) is 20.0 Å². The number of carbonyl (C=O) groups excluding carboxylic acids is 1. The van der Waals surface area contributed by atoms with Crippen molar-refractivity contribution in [1.82, 2.24) is 4.57 Å². The molecule has 2 aromatic carbocycles. The molecule has 0 unspecified atom stereocenters. The lowest BCUT2D eigenvalue weighted by molar-refractivity contribution is 0.0687. The van der Waals surface area contributed by atoms with Gasteiger partial charge in [0.25, 0.3) is 5.91 Å². The highest BCUT2D eigenvalue weighted by molar-refractivity contribution is 6.05. The van der Waals surface area contributed by atoms with Gasteiger partial charge in [0.2, 0.25) is 0 Å². The van der Waals surface area contributed by atoms with E-state index < -0.39 is 5.97 Å². The molecule has 3 rings (SSSR count). The number of aromatic carboxylic acids is 1. The molecular weight excluding hydrogens is 354 g/mol. The van der Waals surface area contributed by atoms with E-state index in [0.29, 0.717) is 40.1 Å². The predicted octanol–water partition coefficient (Wildman–Crippen LogP) is 4.08. The third-order valence-corrected chi connectivity index (χ3v) is 4.63. The fraction of sp³-hybridized carbons (Fsp3) is 0.136. The largest absolute Gasteiger partial charge is 0.477 e. The number of rotatable bonds is 5. The molecule has 6 heteroatoms. The van der Waals surface area contributed by atoms with Crippen LogP contribution in [-0.2, 0) is 13.5 Å². The van der Waals surface area contributed by atoms with E-state index in [1.165, 1.54) is 0 Å². The maximum Gasteiger partial charge on any atom is 0.353 e. The zero-order valence-electron chi connectivity index (χ0n) is 15.6. The molecule has 0 atom stereocenters. The highest BCUT2D eigenvalue weighted by atomic mass is 16.4. The second-order valence-electron chi connectivity index (χ2n) is 6.27. The molecule has 3 aromatic rings. The minimum absolute atomic E-state index is 0.0647. The van der Waals surface area contributed by atoms with Crippen LogP contribution >= 0.6 is 0 Å². The van der Waals surface area contributed by atoms with Gasteiger partial charge in [-0.3, -0.25) is 4.79 Å². The molecule has 28 heavy (non-hydrogen) atoms. The van der Waals surface area contributed by atoms with Crippen molar-refractivity contribution in [2.45, 2.75) is 13.3 Å². The highest BCUT2D eigenvalue weighted by Gasteiger charge is 2.25. The fourth-order valence-electron chi connectivity index (χ4n) is 3.31. The molecule has 0 bridgehead atoms. The van der Waals surface area contributed by atoms with Crippen molar-refractivity contribution in [2.75, 3.05) is 5.32 Å². The van der Waals surface area contributed by atoms with Gasteiger partial charge in [0, 0.05) is 29.6 Å². The maximum absolute atomic E-state index is 12.4. The summed E-state index contributed by atoms with van der Waals surface area (Å²) >= 11 is 0. The van der Waals surface area contributed by atoms with E-state index >= 15 is 0 Å². The van der Waals surface area contributed by atoms with Crippen molar-refractivity contribution < 1.29 is 14.7 Å². The van der Waals surface area contributed by atoms with Crippen molar-refractivity contribution >= 4 is 17.6 Å². The van der Waals surface area contributed by atoms with Gasteiger partial charge < -0.3 is 15.0 Å². The summed E-state index contributed by atoms with van der Waals surface area (Å²) in [7, 11) is 1.65. The lowest BCUT2D eigenvalue weighted by atomic mass is 9.98. The number of amides is 1. The Balaban J connectivity index is 1.99. The lowest BCUT2D eigenvalue weighted by Gasteiger charge is -2.07. The SMILES string of the molecule is CCc1c(C#N)c(-c2ccc(C(=O)Nc3ccccc3)cc2)c(C(=O)O)n1C. The smallest absolute Gasteiger partial charge is 0.353 e. The van der Waals surface area contributed by atoms with Gasteiger partial charge in [-0.1, -0.05) is 37.3 Å². The molecule has 6 nitrogen and oxygen atoms in total. The van der Waals surface area contributed by atoms with E-state index in [4.69, 9.17) is 0 Å². The molecule has 0 aliphatic carbocycles. The number of nitrogens with one attached hydrogen (secondary N) is 1. The first-order valence-electron chi connectivity index (χ1n) is 8.79. The molecule has 1 amide bonds. The van der Waals surface area contributed by atoms with Crippen LogP contribution in [0.15, 0.2) is 54.6 Å². The summed E-state index contributed by atoms with van der Waals surface area (Å²) in [5, 5.41) is 22.0. The van der Waals surface area contributed by atoms with Gasteiger partial charge in [-0.25, -0.2) is 4.79 Å². The van der Waals surface area contributed by atoms with E-state index in [1.807, 2.05) is 25.1 Å². The van der Waals surface area contributed by atoms with Crippen LogP contribution in [-0.4, -0.2) is 21.6 Å². The summed E-state index contributed by atoms with van der Waals surface area (Å²) in [5.74, 6) is -1.36. The molecular formula is C22H19N3O3. The molecule has 0 aliphatic rings. The molecule has 0 fully saturated rings. The van der Waals surface area contributed by atoms with Gasteiger partial charge in [0.1, 0.15) is 11.8 Å². The third-order valence-electron chi connectivity index (χ3n) is 4.63. The standard InChI is InChI=1S/C22H19N3O3/c1-3-18-17(13-23)19(20(22(27)28)25(18)2)14-9-11-15(12-10-14)21(26)24-16-7-5-4-6-8-16/h4-12H,3H2,1-2H3,(H,24,26)(H,27,28). The van der Waals surface area contributed by atoms with E-state index in [-0.39, 0.29) is 11.6 Å². The molecule has 140 valence electrons. The number of hydrogen-bond donors (Lipinski definition) is 2. The van der Waals surface area contributed by atoms with Gasteiger partial charge >= 0.3 is 5.97 Å². The van der Waals surface area contributed by atoms with Crippen LogP contribution in [0.5, 0.6) is 0 Å². The first-order chi connectivity index (χ1) is 13.5. The Morgan fingerprint density at radius 3 is 2.29 bits per heavy atom. The van der Waals surface area contributed by atoms with Gasteiger partial charge in [0.15, 0.2) is 0 Å². The molecule has 0 aliphatic heterocycles. The summed E-state index contributed by atoms with van der Waals surface area (Å²) in [5.41, 5.74) is 3.17. The Labute approximate surface area is 162 Å². The van der Waals surface area contributed by atoms with Gasteiger partial charge in [-0.05, 0) is 36.2 Å². The molecule has 1 heterocycles. The predicted molar refractivity (Wildman–Crippen MR) is 106 cm³/mol. The summed E-state index contributed by atoms with van der Waals surface area (Å²) in [6.07, 6.45) is 0.539. The number of carboxylic acids is 1. The van der Waals surface area contributed by atoms with Crippen LogP contribution < -0.4 is 5.32 Å². The van der Waals surface area contributed by atoms with E-state index in [1.54, 1.807) is 48.0 Å². The van der Waals surface area contributed by atoms with Crippen LogP contribution in [0.2, 0.25) is 0 Å². The molecule has 0 radical (unpaired) electrons. The Morgan fingerprint density at radius 2 is 1.75 bits per heavy atom. The van der Waals surface area contributed by atoms with Gasteiger partial charge in [-0.2, -0.15) is 5.26 Å². The first-order valence-corrected chi connectivity index (χ1v) is 8.79. The number of aromatic nitrogens is 1. The van der Waals surface area contributed by atoms with Crippen LogP contribution in [0.25, 0.3) is 11.1 Å². The van der Waals surface area contributed by atoms with Crippen molar-refractivity contribution in [2.24, 2.45) is 7.05 Å². The molecule has 2 N–H and O–H groups in total. The Hall–Kier alpha value is -3.85. The number of nitriles is 1. The quantitative estimate of drug-likeness (QED) is 0.704. The van der Waals surface area contributed by atoms with Crippen molar-refractivity contribution in [3.8, 4) is 17.2 Å². The van der Waals surface area contributed by atoms with Crippen LogP contribution in [0, 0.1) is 11.3 Å². The Morgan fingerprint density at radius 1 is 1.11 bits per heavy atom. The van der Waals surface area contributed by atoms with Crippen LogP contribution in [0.1, 0.15) is 39.0 Å². The average Bonchev–Trinajstić information content (AvgIpc) is 3.00. The zero-order chi connectivity index (χ0) is 20.3. The maximum atomic E-state index is 12.4. The van der Waals surface area contributed by atoms with Crippen molar-refractivity contribution in [1.29, 1.82) is 5.26 Å². The summed E-state index contributed by atoms with van der Waals surface area (Å²) in [6, 6.07) is 17.8. The second kappa shape index (κ2) is 7.80. The number of carboxylic acid groups (broad SMARTS) is 1. The molecule has 0 spiro atoms. The number of para-hydroxylation sites is 1. The average molecular weight is 373 g/mol. The zero-order valence-corrected chi connectivity index (χ0v) is 15.6. The topological polar surface area (TPSA) is 95.1 Å². The third kappa shape index (κ3) is 3.38. The Bertz CT molecular complexity index is 1070. The van der Waals surface area contributed by atoms with E-state index in [2.05, 4.69) is 11.4 Å². The number of hydrogen-bond acceptors (Lipinski definition) is 3. The highest BCUT2D eigenvalue weighted by Crippen LogP contribution is 2.32.